The predicted molar refractivity (Wildman–Crippen MR) is 56.3 cm³/mol. The molecule has 1 heterocycles. The summed E-state index contributed by atoms with van der Waals surface area (Å²) in [6, 6.07) is 5.23. The molecule has 0 atom stereocenters. The lowest BCUT2D eigenvalue weighted by Crippen LogP contribution is -2.08. The van der Waals surface area contributed by atoms with E-state index in [1.54, 1.807) is 24.4 Å². The first-order valence-electron chi connectivity index (χ1n) is 4.31. The van der Waals surface area contributed by atoms with Crippen molar-refractivity contribution in [2.75, 3.05) is 7.11 Å². The third-order valence-electron chi connectivity index (χ3n) is 1.97. The summed E-state index contributed by atoms with van der Waals surface area (Å²) in [4.78, 5) is 19.1. The van der Waals surface area contributed by atoms with Gasteiger partial charge in [0.2, 0.25) is 5.82 Å². The molecule has 1 aromatic carbocycles. The van der Waals surface area contributed by atoms with Crippen molar-refractivity contribution in [2.24, 2.45) is 0 Å². The normalized spacial score (nSPS) is 10.2. The van der Waals surface area contributed by atoms with E-state index in [0.717, 1.165) is 5.39 Å². The quantitative estimate of drug-likeness (QED) is 0.485. The van der Waals surface area contributed by atoms with Crippen LogP contribution in [0.25, 0.3) is 10.9 Å². The molecule has 0 aliphatic rings. The third kappa shape index (κ3) is 1.81. The molecule has 0 aliphatic heterocycles. The average molecular weight is 198 g/mol. The second-order valence-electron chi connectivity index (χ2n) is 3.00. The molecule has 0 N–H and O–H groups in total. The molecule has 5 heteroatoms. The topological polar surface area (TPSA) is 52.1 Å². The maximum atomic E-state index is 11.2. The highest BCUT2D eigenvalue weighted by molar-refractivity contribution is 6.33. The summed E-state index contributed by atoms with van der Waals surface area (Å²) >= 11 is 0. The van der Waals surface area contributed by atoms with E-state index >= 15 is 0 Å². The fraction of sp³-hybridized carbons (Fsp3) is 0.100. The molecule has 0 aliphatic carbocycles. The van der Waals surface area contributed by atoms with Crippen LogP contribution in [0.3, 0.4) is 0 Å². The molecule has 0 fully saturated rings. The van der Waals surface area contributed by atoms with Gasteiger partial charge < -0.3 is 4.74 Å². The molecule has 0 spiro atoms. The summed E-state index contributed by atoms with van der Waals surface area (Å²) in [5.74, 6) is -0.519. The molecular weight excluding hydrogens is 191 g/mol. The number of rotatable bonds is 1. The highest BCUT2D eigenvalue weighted by atomic mass is 16.5. The van der Waals surface area contributed by atoms with Crippen molar-refractivity contribution in [1.29, 1.82) is 0 Å². The van der Waals surface area contributed by atoms with Crippen LogP contribution in [0, 0.1) is 0 Å². The zero-order valence-corrected chi connectivity index (χ0v) is 8.10. The summed E-state index contributed by atoms with van der Waals surface area (Å²) in [5, 5.41) is 0.830. The number of nitrogens with zero attached hydrogens (tertiary/aromatic N) is 2. The fourth-order valence-electron chi connectivity index (χ4n) is 1.23. The number of hydrogen-bond acceptors (Lipinski definition) is 4. The first kappa shape index (κ1) is 9.64. The minimum Gasteiger partial charge on any atom is -0.463 e. The summed E-state index contributed by atoms with van der Waals surface area (Å²) in [5.41, 5.74) is 1.22. The van der Waals surface area contributed by atoms with E-state index in [1.165, 1.54) is 7.11 Å². The Morgan fingerprint density at radius 3 is 3.00 bits per heavy atom. The van der Waals surface area contributed by atoms with Crippen LogP contribution in [0.4, 0.5) is 0 Å². The fourth-order valence-corrected chi connectivity index (χ4v) is 1.23. The Morgan fingerprint density at radius 2 is 2.27 bits per heavy atom. The Labute approximate surface area is 87.7 Å². The van der Waals surface area contributed by atoms with Gasteiger partial charge in [0.25, 0.3) is 0 Å². The molecule has 2 aromatic rings. The molecule has 72 valence electrons. The van der Waals surface area contributed by atoms with Gasteiger partial charge in [0.1, 0.15) is 7.85 Å². The second kappa shape index (κ2) is 3.69. The van der Waals surface area contributed by atoms with Crippen molar-refractivity contribution in [3.63, 3.8) is 0 Å². The van der Waals surface area contributed by atoms with Crippen molar-refractivity contribution in [1.82, 2.24) is 9.97 Å². The van der Waals surface area contributed by atoms with Crippen LogP contribution in [-0.2, 0) is 4.74 Å². The maximum Gasteiger partial charge on any atom is 0.376 e. The Morgan fingerprint density at radius 1 is 1.47 bits per heavy atom. The Balaban J connectivity index is 2.59. The van der Waals surface area contributed by atoms with E-state index in [4.69, 9.17) is 7.85 Å². The zero-order chi connectivity index (χ0) is 10.8. The lowest BCUT2D eigenvalue weighted by Gasteiger charge is -2.01. The lowest BCUT2D eigenvalue weighted by atomic mass is 9.95. The molecule has 0 unspecified atom stereocenters. The molecule has 4 nitrogen and oxygen atoms in total. The van der Waals surface area contributed by atoms with E-state index in [0.29, 0.717) is 11.0 Å². The first-order chi connectivity index (χ1) is 7.20. The summed E-state index contributed by atoms with van der Waals surface area (Å²) in [6.07, 6.45) is 1.56. The number of carbonyl (C=O) groups excluding carboxylic acids is 1. The molecule has 15 heavy (non-hydrogen) atoms. The molecule has 2 rings (SSSR count). The SMILES string of the molecule is [B]c1ccc2cnc(C(=O)OC)nc2c1. The Bertz CT molecular complexity index is 528. The Hall–Kier alpha value is -1.91. The monoisotopic (exact) mass is 198 g/mol. The van der Waals surface area contributed by atoms with Crippen LogP contribution in [0.2, 0.25) is 0 Å². The summed E-state index contributed by atoms with van der Waals surface area (Å²) < 4.78 is 4.52. The molecule has 0 saturated carbocycles. The van der Waals surface area contributed by atoms with E-state index in [1.807, 2.05) is 0 Å². The van der Waals surface area contributed by atoms with Crippen molar-refractivity contribution in [3.05, 3.63) is 30.2 Å². The van der Waals surface area contributed by atoms with Crippen LogP contribution in [0.15, 0.2) is 24.4 Å². The van der Waals surface area contributed by atoms with Gasteiger partial charge in [0.05, 0.1) is 12.6 Å². The smallest absolute Gasteiger partial charge is 0.376 e. The number of aromatic nitrogens is 2. The van der Waals surface area contributed by atoms with Crippen molar-refractivity contribution in [3.8, 4) is 0 Å². The van der Waals surface area contributed by atoms with Crippen LogP contribution in [0.1, 0.15) is 10.6 Å². The number of carbonyl (C=O) groups is 1. The molecule has 2 radical (unpaired) electrons. The van der Waals surface area contributed by atoms with E-state index in [2.05, 4.69) is 14.7 Å². The highest BCUT2D eigenvalue weighted by Gasteiger charge is 2.09. The molecule has 0 saturated heterocycles. The highest BCUT2D eigenvalue weighted by Crippen LogP contribution is 2.08. The zero-order valence-electron chi connectivity index (χ0n) is 8.10. The van der Waals surface area contributed by atoms with Gasteiger partial charge in [-0.05, 0) is 6.07 Å². The van der Waals surface area contributed by atoms with Gasteiger partial charge in [-0.2, -0.15) is 0 Å². The van der Waals surface area contributed by atoms with Gasteiger partial charge in [-0.1, -0.05) is 17.6 Å². The maximum absolute atomic E-state index is 11.2. The van der Waals surface area contributed by atoms with Crippen LogP contribution >= 0.6 is 0 Å². The van der Waals surface area contributed by atoms with Gasteiger partial charge >= 0.3 is 5.97 Å². The first-order valence-corrected chi connectivity index (χ1v) is 4.31. The van der Waals surface area contributed by atoms with Crippen LogP contribution < -0.4 is 5.46 Å². The largest absolute Gasteiger partial charge is 0.463 e. The predicted octanol–water partition coefficient (Wildman–Crippen LogP) is 0.210. The molecule has 0 amide bonds. The van der Waals surface area contributed by atoms with E-state index < -0.39 is 5.97 Å². The number of methoxy groups -OCH3 is 1. The lowest BCUT2D eigenvalue weighted by molar-refractivity contribution is 0.0587. The van der Waals surface area contributed by atoms with Gasteiger partial charge in [-0.3, -0.25) is 0 Å². The van der Waals surface area contributed by atoms with Gasteiger partial charge in [0, 0.05) is 11.6 Å². The van der Waals surface area contributed by atoms with Gasteiger partial charge in [0.15, 0.2) is 0 Å². The summed E-state index contributed by atoms with van der Waals surface area (Å²) in [6.45, 7) is 0. The number of hydrogen-bond donors (Lipinski definition) is 0. The van der Waals surface area contributed by atoms with Gasteiger partial charge in [-0.25, -0.2) is 14.8 Å². The van der Waals surface area contributed by atoms with Crippen LogP contribution in [0.5, 0.6) is 0 Å². The third-order valence-corrected chi connectivity index (χ3v) is 1.97. The minimum absolute atomic E-state index is 0.0376. The number of benzene rings is 1. The number of esters is 1. The van der Waals surface area contributed by atoms with Crippen molar-refractivity contribution >= 4 is 30.2 Å². The van der Waals surface area contributed by atoms with E-state index in [9.17, 15) is 4.79 Å². The molecule has 1 aromatic heterocycles. The van der Waals surface area contributed by atoms with Gasteiger partial charge in [-0.15, -0.1) is 0 Å². The Kier molecular flexibility index (Phi) is 2.37. The minimum atomic E-state index is -0.556. The second-order valence-corrected chi connectivity index (χ2v) is 3.00. The average Bonchev–Trinajstić information content (AvgIpc) is 2.27. The molecule has 0 bridgehead atoms. The summed E-state index contributed by atoms with van der Waals surface area (Å²) in [7, 11) is 6.89. The molecular formula is C10H7BN2O2. The van der Waals surface area contributed by atoms with E-state index in [-0.39, 0.29) is 5.82 Å². The van der Waals surface area contributed by atoms with Crippen molar-refractivity contribution in [2.45, 2.75) is 0 Å². The number of ether oxygens (including phenoxy) is 1. The number of fused-ring (bicyclic) bond motifs is 1. The standard InChI is InChI=1S/C10H7BN2O2/c1-15-10(14)9-12-5-6-2-3-7(11)4-8(6)13-9/h2-5H,1H3. The van der Waals surface area contributed by atoms with Crippen molar-refractivity contribution < 1.29 is 9.53 Å². The van der Waals surface area contributed by atoms with Crippen LogP contribution in [-0.4, -0.2) is 30.9 Å².